The molecule has 7 nitrogen and oxygen atoms in total. The van der Waals surface area contributed by atoms with Crippen molar-refractivity contribution in [1.29, 1.82) is 0 Å². The Labute approximate surface area is 204 Å². The van der Waals surface area contributed by atoms with Gasteiger partial charge in [-0.25, -0.2) is 4.79 Å². The van der Waals surface area contributed by atoms with E-state index in [1.807, 2.05) is 19.1 Å². The number of ketones is 1. The average molecular weight is 470 g/mol. The first-order valence-corrected chi connectivity index (χ1v) is 11.6. The molecule has 1 fully saturated rings. The van der Waals surface area contributed by atoms with Gasteiger partial charge in [-0.15, -0.1) is 0 Å². The third-order valence-corrected chi connectivity index (χ3v) is 6.06. The molecular weight excluding hydrogens is 442 g/mol. The van der Waals surface area contributed by atoms with Gasteiger partial charge in [-0.05, 0) is 23.1 Å². The Kier molecular flexibility index (Phi) is 7.06. The van der Waals surface area contributed by atoms with Gasteiger partial charge < -0.3 is 10.6 Å². The zero-order valence-corrected chi connectivity index (χ0v) is 19.5. The summed E-state index contributed by atoms with van der Waals surface area (Å²) in [5.74, 6) is -0.873. The van der Waals surface area contributed by atoms with Gasteiger partial charge in [0.2, 0.25) is 5.91 Å². The van der Waals surface area contributed by atoms with Gasteiger partial charge >= 0.3 is 6.03 Å². The van der Waals surface area contributed by atoms with Crippen molar-refractivity contribution in [3.05, 3.63) is 107 Å². The summed E-state index contributed by atoms with van der Waals surface area (Å²) in [6.07, 6.45) is 1.24. The molecule has 1 heterocycles. The zero-order valence-electron chi connectivity index (χ0n) is 19.5. The molecule has 35 heavy (non-hydrogen) atoms. The number of carbonyl (C=O) groups excluding carboxylic acids is 4. The molecule has 0 aromatic heterocycles. The molecule has 3 aromatic rings. The Hall–Kier alpha value is -4.26. The van der Waals surface area contributed by atoms with Crippen LogP contribution in [0, 0.1) is 0 Å². The van der Waals surface area contributed by atoms with Crippen LogP contribution in [0.15, 0.2) is 84.9 Å². The number of nitrogens with one attached hydrogen (secondary N) is 2. The molecule has 0 radical (unpaired) electrons. The summed E-state index contributed by atoms with van der Waals surface area (Å²) in [6.45, 7) is 1.94. The predicted octanol–water partition coefficient (Wildman–Crippen LogP) is 3.78. The quantitative estimate of drug-likeness (QED) is 0.368. The van der Waals surface area contributed by atoms with Crippen molar-refractivity contribution in [3.8, 4) is 0 Å². The maximum absolute atomic E-state index is 13.7. The minimum atomic E-state index is -1.40. The van der Waals surface area contributed by atoms with Crippen LogP contribution in [0.2, 0.25) is 0 Å². The molecule has 0 spiro atoms. The van der Waals surface area contributed by atoms with Crippen LogP contribution in [-0.4, -0.2) is 35.1 Å². The molecule has 0 atom stereocenters. The summed E-state index contributed by atoms with van der Waals surface area (Å²) in [5, 5.41) is 5.68. The summed E-state index contributed by atoms with van der Waals surface area (Å²) in [6, 6.07) is 24.2. The van der Waals surface area contributed by atoms with Gasteiger partial charge in [-0.2, -0.15) is 0 Å². The smallest absolute Gasteiger partial charge is 0.325 e. The average Bonchev–Trinajstić information content (AvgIpc) is 3.14. The van der Waals surface area contributed by atoms with E-state index >= 15 is 0 Å². The highest BCUT2D eigenvalue weighted by molar-refractivity contribution is 6.13. The number of rotatable bonds is 9. The van der Waals surface area contributed by atoms with Crippen molar-refractivity contribution in [3.63, 3.8) is 0 Å². The van der Waals surface area contributed by atoms with Crippen LogP contribution in [0.25, 0.3) is 0 Å². The van der Waals surface area contributed by atoms with E-state index in [1.54, 1.807) is 72.8 Å². The van der Waals surface area contributed by atoms with Crippen molar-refractivity contribution in [2.24, 2.45) is 0 Å². The SMILES string of the molecule is CCCC(=O)NCc1ccc(C(=O)CN2C(=O)NC(c3ccccc3)(c3ccccc3)C2=O)cc1. The van der Waals surface area contributed by atoms with E-state index in [4.69, 9.17) is 0 Å². The Bertz CT molecular complexity index is 1180. The van der Waals surface area contributed by atoms with Gasteiger partial charge in [0.25, 0.3) is 5.91 Å². The van der Waals surface area contributed by atoms with E-state index in [-0.39, 0.29) is 18.2 Å². The van der Waals surface area contributed by atoms with Crippen molar-refractivity contribution in [1.82, 2.24) is 15.5 Å². The number of urea groups is 1. The number of carbonyl (C=O) groups is 4. The van der Waals surface area contributed by atoms with Crippen molar-refractivity contribution < 1.29 is 19.2 Å². The Morgan fingerprint density at radius 2 is 1.43 bits per heavy atom. The predicted molar refractivity (Wildman–Crippen MR) is 131 cm³/mol. The molecule has 0 aliphatic carbocycles. The normalized spacial score (nSPS) is 14.5. The fourth-order valence-electron chi connectivity index (χ4n) is 4.21. The van der Waals surface area contributed by atoms with Crippen molar-refractivity contribution >= 4 is 23.6 Å². The number of Topliss-reactive ketones (excluding diaryl/α,β-unsaturated/α-hetero) is 1. The monoisotopic (exact) mass is 469 g/mol. The van der Waals surface area contributed by atoms with Crippen LogP contribution in [0.5, 0.6) is 0 Å². The van der Waals surface area contributed by atoms with E-state index in [1.165, 1.54) is 0 Å². The number of nitrogens with zero attached hydrogens (tertiary/aromatic N) is 1. The first-order chi connectivity index (χ1) is 17.0. The second-order valence-electron chi connectivity index (χ2n) is 8.45. The first-order valence-electron chi connectivity index (χ1n) is 11.6. The third-order valence-electron chi connectivity index (χ3n) is 6.06. The maximum Gasteiger partial charge on any atom is 0.325 e. The van der Waals surface area contributed by atoms with Crippen LogP contribution in [0.4, 0.5) is 4.79 Å². The molecule has 1 aliphatic rings. The van der Waals surface area contributed by atoms with Gasteiger partial charge in [0.15, 0.2) is 11.3 Å². The fraction of sp³-hybridized carbons (Fsp3) is 0.214. The van der Waals surface area contributed by atoms with Crippen molar-refractivity contribution in [2.45, 2.75) is 31.8 Å². The third kappa shape index (κ3) is 4.84. The van der Waals surface area contributed by atoms with Crippen LogP contribution in [-0.2, 0) is 21.7 Å². The molecule has 3 aromatic carbocycles. The Morgan fingerprint density at radius 1 is 0.857 bits per heavy atom. The maximum atomic E-state index is 13.7. The van der Waals surface area contributed by atoms with Gasteiger partial charge in [-0.3, -0.25) is 19.3 Å². The Balaban J connectivity index is 1.53. The van der Waals surface area contributed by atoms with Gasteiger partial charge in [0, 0.05) is 18.5 Å². The molecule has 4 rings (SSSR count). The fourth-order valence-corrected chi connectivity index (χ4v) is 4.21. The van der Waals surface area contributed by atoms with E-state index in [9.17, 15) is 19.2 Å². The van der Waals surface area contributed by atoms with Crippen LogP contribution >= 0.6 is 0 Å². The molecule has 1 aliphatic heterocycles. The highest BCUT2D eigenvalue weighted by Crippen LogP contribution is 2.36. The molecule has 1 saturated heterocycles. The lowest BCUT2D eigenvalue weighted by atomic mass is 9.82. The zero-order chi connectivity index (χ0) is 24.8. The molecule has 0 saturated carbocycles. The second-order valence-corrected chi connectivity index (χ2v) is 8.45. The molecule has 0 bridgehead atoms. The summed E-state index contributed by atoms with van der Waals surface area (Å²) in [7, 11) is 0. The van der Waals surface area contributed by atoms with Crippen LogP contribution in [0.3, 0.4) is 0 Å². The van der Waals surface area contributed by atoms with E-state index in [0.29, 0.717) is 29.7 Å². The number of amides is 4. The van der Waals surface area contributed by atoms with Crippen molar-refractivity contribution in [2.75, 3.05) is 6.54 Å². The number of hydrogen-bond acceptors (Lipinski definition) is 4. The molecular formula is C28H27N3O4. The molecule has 178 valence electrons. The minimum Gasteiger partial charge on any atom is -0.352 e. The molecule has 7 heteroatoms. The summed E-state index contributed by atoms with van der Waals surface area (Å²) in [5.41, 5.74) is 1.07. The van der Waals surface area contributed by atoms with E-state index < -0.39 is 17.5 Å². The Morgan fingerprint density at radius 3 is 1.97 bits per heavy atom. The minimum absolute atomic E-state index is 0.0217. The topological polar surface area (TPSA) is 95.6 Å². The summed E-state index contributed by atoms with van der Waals surface area (Å²) >= 11 is 0. The van der Waals surface area contributed by atoms with Crippen LogP contribution in [0.1, 0.15) is 46.8 Å². The highest BCUT2D eigenvalue weighted by atomic mass is 16.2. The molecule has 4 amide bonds. The lowest BCUT2D eigenvalue weighted by molar-refractivity contribution is -0.130. The number of imide groups is 1. The lowest BCUT2D eigenvalue weighted by Crippen LogP contribution is -2.45. The summed E-state index contributed by atoms with van der Waals surface area (Å²) in [4.78, 5) is 52.3. The molecule has 0 unspecified atom stereocenters. The highest BCUT2D eigenvalue weighted by Gasteiger charge is 2.54. The first kappa shape index (κ1) is 23.9. The van der Waals surface area contributed by atoms with E-state index in [2.05, 4.69) is 10.6 Å². The molecule has 2 N–H and O–H groups in total. The largest absolute Gasteiger partial charge is 0.352 e. The summed E-state index contributed by atoms with van der Waals surface area (Å²) < 4.78 is 0. The van der Waals surface area contributed by atoms with E-state index in [0.717, 1.165) is 16.9 Å². The lowest BCUT2D eigenvalue weighted by Gasteiger charge is -2.28. The number of hydrogen-bond donors (Lipinski definition) is 2. The van der Waals surface area contributed by atoms with Gasteiger partial charge in [0.05, 0.1) is 6.54 Å². The second kappa shape index (κ2) is 10.3. The number of benzene rings is 3. The van der Waals surface area contributed by atoms with Gasteiger partial charge in [0.1, 0.15) is 0 Å². The van der Waals surface area contributed by atoms with Crippen LogP contribution < -0.4 is 10.6 Å². The van der Waals surface area contributed by atoms with Gasteiger partial charge in [-0.1, -0.05) is 91.9 Å². The standard InChI is InChI=1S/C28H27N3O4/c1-2-9-25(33)29-18-20-14-16-21(17-15-20)24(32)19-31-26(34)28(30-27(31)35,22-10-5-3-6-11-22)23-12-7-4-8-13-23/h3-8,10-17H,2,9,18-19H2,1H3,(H,29,33)(H,30,35).